The van der Waals surface area contributed by atoms with E-state index in [0.717, 1.165) is 19.0 Å². The monoisotopic (exact) mass is 511 g/mol. The Balaban J connectivity index is 1.55. The number of ether oxygens (including phenoxy) is 2. The summed E-state index contributed by atoms with van der Waals surface area (Å²) in [7, 11) is -3.54. The van der Waals surface area contributed by atoms with Crippen LogP contribution in [0, 0.1) is 5.13 Å². The van der Waals surface area contributed by atoms with Crippen LogP contribution < -0.4 is 5.32 Å². The topological polar surface area (TPSA) is 116 Å². The molecule has 0 bridgehead atoms. The van der Waals surface area contributed by atoms with Crippen LogP contribution in [0.3, 0.4) is 0 Å². The van der Waals surface area contributed by atoms with Gasteiger partial charge in [0.1, 0.15) is 6.10 Å². The van der Waals surface area contributed by atoms with E-state index >= 15 is 0 Å². The largest absolute Gasteiger partial charge is 0.392 e. The molecule has 1 aromatic heterocycles. The summed E-state index contributed by atoms with van der Waals surface area (Å²) >= 11 is 0.685. The Hall–Kier alpha value is -2.41. The number of carbonyl (C=O) groups excluding carboxylic acids is 1. The molecule has 0 spiro atoms. The molecule has 1 saturated heterocycles. The number of halogens is 1. The quantitative estimate of drug-likeness (QED) is 0.406. The molecule has 1 amide bonds. The van der Waals surface area contributed by atoms with Gasteiger partial charge in [0.05, 0.1) is 29.1 Å². The minimum absolute atomic E-state index is 0.0661. The molecule has 9 nitrogen and oxygen atoms in total. The molecule has 1 aromatic carbocycles. The molecule has 12 heteroatoms. The molecule has 3 atom stereocenters. The first-order valence-corrected chi connectivity index (χ1v) is 13.4. The van der Waals surface area contributed by atoms with Crippen molar-refractivity contribution < 1.29 is 31.9 Å². The van der Waals surface area contributed by atoms with Crippen molar-refractivity contribution in [2.75, 3.05) is 25.1 Å². The summed E-state index contributed by atoms with van der Waals surface area (Å²) in [4.78, 5) is 22.5. The van der Waals surface area contributed by atoms with E-state index in [9.17, 15) is 17.6 Å². The van der Waals surface area contributed by atoms with Crippen LogP contribution in [-0.2, 0) is 28.9 Å². The molecule has 184 valence electrons. The number of hydrogen-bond donors (Lipinski definition) is 1. The van der Waals surface area contributed by atoms with Crippen LogP contribution in [0.2, 0.25) is 0 Å². The summed E-state index contributed by atoms with van der Waals surface area (Å²) in [5, 5.41) is 5.57. The molecule has 2 heterocycles. The normalized spacial score (nSPS) is 23.2. The van der Waals surface area contributed by atoms with Gasteiger partial charge in [0.15, 0.2) is 25.8 Å². The molecule has 1 N–H and O–H groups in total. The Morgan fingerprint density at radius 2 is 2.03 bits per heavy atom. The first-order chi connectivity index (χ1) is 16.4. The Kier molecular flexibility index (Phi) is 7.91. The molecule has 1 aliphatic carbocycles. The minimum Gasteiger partial charge on any atom is -0.392 e. The van der Waals surface area contributed by atoms with Crippen molar-refractivity contribution in [3.8, 4) is 0 Å². The Morgan fingerprint density at radius 3 is 2.68 bits per heavy atom. The Bertz CT molecular complexity index is 1130. The Morgan fingerprint density at radius 1 is 1.26 bits per heavy atom. The predicted octanol–water partition coefficient (Wildman–Crippen LogP) is 3.16. The molecule has 2 fully saturated rings. The molecule has 34 heavy (non-hydrogen) atoms. The smallest absolute Gasteiger partial charge is 0.280 e. The van der Waals surface area contributed by atoms with Crippen LogP contribution >= 0.6 is 11.3 Å². The van der Waals surface area contributed by atoms with Crippen molar-refractivity contribution in [1.82, 2.24) is 4.98 Å². The second-order valence-electron chi connectivity index (χ2n) is 8.04. The standard InChI is InChI=1S/C22H26FN3O6S2/c1-2-31-15-5-6-16(11-15)32-26-20(21(27)25-22-24-12-19(23)33-22)14-3-7-17(8-4-14)34(28,29)18-9-10-30-13-18/h3-4,7-8,12,15-16,18H,2,5-6,9-11,13H2,1H3,(H,24,25,27)/t15-,16-,18+/m1/s1. The van der Waals surface area contributed by atoms with E-state index < -0.39 is 26.1 Å². The fourth-order valence-corrected chi connectivity index (χ4v) is 6.08. The van der Waals surface area contributed by atoms with E-state index in [0.29, 0.717) is 43.0 Å². The van der Waals surface area contributed by atoms with E-state index in [2.05, 4.69) is 15.5 Å². The molecule has 0 unspecified atom stereocenters. The number of amides is 1. The number of carbonyl (C=O) groups is 1. The average Bonchev–Trinajstić information content (AvgIpc) is 3.58. The molecule has 4 rings (SSSR count). The van der Waals surface area contributed by atoms with Gasteiger partial charge in [-0.3, -0.25) is 10.1 Å². The van der Waals surface area contributed by atoms with Crippen molar-refractivity contribution in [2.45, 2.75) is 55.0 Å². The van der Waals surface area contributed by atoms with Crippen LogP contribution in [0.25, 0.3) is 0 Å². The lowest BCUT2D eigenvalue weighted by molar-refractivity contribution is -0.110. The van der Waals surface area contributed by atoms with Gasteiger partial charge >= 0.3 is 0 Å². The second kappa shape index (κ2) is 10.9. The third-order valence-electron chi connectivity index (χ3n) is 5.73. The maximum Gasteiger partial charge on any atom is 0.280 e. The summed E-state index contributed by atoms with van der Waals surface area (Å²) in [5.74, 6) is -0.645. The van der Waals surface area contributed by atoms with Crippen LogP contribution in [0.15, 0.2) is 40.5 Å². The van der Waals surface area contributed by atoms with Crippen molar-refractivity contribution in [3.63, 3.8) is 0 Å². The van der Waals surface area contributed by atoms with E-state index in [1.165, 1.54) is 24.3 Å². The Labute approximate surface area is 201 Å². The SMILES string of the molecule is CCO[C@@H]1CC[C@@H](ON=C(C(=O)Nc2ncc(F)s2)c2ccc(S(=O)(=O)[C@H]3CCOC3)cc2)C1. The zero-order chi connectivity index (χ0) is 24.1. The van der Waals surface area contributed by atoms with Crippen molar-refractivity contribution in [1.29, 1.82) is 0 Å². The van der Waals surface area contributed by atoms with Gasteiger partial charge in [-0.05, 0) is 38.3 Å². The summed E-state index contributed by atoms with van der Waals surface area (Å²) in [6, 6.07) is 5.89. The number of sulfone groups is 1. The van der Waals surface area contributed by atoms with Crippen LogP contribution in [0.4, 0.5) is 9.52 Å². The lowest BCUT2D eigenvalue weighted by atomic mass is 10.1. The number of nitrogens with zero attached hydrogens (tertiary/aromatic N) is 2. The van der Waals surface area contributed by atoms with Gasteiger partial charge in [0.25, 0.3) is 5.91 Å². The zero-order valence-corrected chi connectivity index (χ0v) is 20.2. The summed E-state index contributed by atoms with van der Waals surface area (Å²) in [5.41, 5.74) is 0.291. The molecule has 0 radical (unpaired) electrons. The molecule has 1 saturated carbocycles. The number of aromatic nitrogens is 1. The van der Waals surface area contributed by atoms with Crippen LogP contribution in [0.5, 0.6) is 0 Å². The molecular formula is C22H26FN3O6S2. The van der Waals surface area contributed by atoms with Crippen LogP contribution in [0.1, 0.15) is 38.2 Å². The number of rotatable bonds is 9. The highest BCUT2D eigenvalue weighted by molar-refractivity contribution is 7.92. The van der Waals surface area contributed by atoms with Gasteiger partial charge in [-0.15, -0.1) is 0 Å². The average molecular weight is 512 g/mol. The van der Waals surface area contributed by atoms with E-state index in [-0.39, 0.29) is 34.6 Å². The first-order valence-electron chi connectivity index (χ1n) is 11.1. The fraction of sp³-hybridized carbons (Fsp3) is 0.500. The molecule has 1 aliphatic heterocycles. The number of hydrogen-bond acceptors (Lipinski definition) is 9. The predicted molar refractivity (Wildman–Crippen MR) is 124 cm³/mol. The van der Waals surface area contributed by atoms with Gasteiger partial charge < -0.3 is 14.3 Å². The van der Waals surface area contributed by atoms with E-state index in [1.54, 1.807) is 0 Å². The highest BCUT2D eigenvalue weighted by Gasteiger charge is 2.31. The second-order valence-corrected chi connectivity index (χ2v) is 11.2. The number of thiazole rings is 1. The fourth-order valence-electron chi connectivity index (χ4n) is 3.96. The lowest BCUT2D eigenvalue weighted by Gasteiger charge is -2.13. The maximum absolute atomic E-state index is 13.3. The summed E-state index contributed by atoms with van der Waals surface area (Å²) in [6.45, 7) is 3.13. The van der Waals surface area contributed by atoms with Gasteiger partial charge in [0.2, 0.25) is 0 Å². The molecule has 2 aromatic rings. The van der Waals surface area contributed by atoms with Gasteiger partial charge in [0, 0.05) is 25.2 Å². The van der Waals surface area contributed by atoms with Crippen molar-refractivity contribution in [2.24, 2.45) is 5.16 Å². The zero-order valence-electron chi connectivity index (χ0n) is 18.6. The van der Waals surface area contributed by atoms with Crippen molar-refractivity contribution in [3.05, 3.63) is 41.2 Å². The summed E-state index contributed by atoms with van der Waals surface area (Å²) < 4.78 is 49.8. The van der Waals surface area contributed by atoms with Crippen LogP contribution in [-0.4, -0.2) is 62.3 Å². The number of anilines is 1. The van der Waals surface area contributed by atoms with Crippen molar-refractivity contribution >= 4 is 37.9 Å². The minimum atomic E-state index is -3.54. The van der Waals surface area contributed by atoms with E-state index in [4.69, 9.17) is 14.3 Å². The molecular weight excluding hydrogens is 485 g/mol. The highest BCUT2D eigenvalue weighted by Crippen LogP contribution is 2.26. The highest BCUT2D eigenvalue weighted by atomic mass is 32.2. The van der Waals surface area contributed by atoms with Gasteiger partial charge in [-0.2, -0.15) is 4.39 Å². The lowest BCUT2D eigenvalue weighted by Crippen LogP contribution is -2.25. The number of benzene rings is 1. The van der Waals surface area contributed by atoms with Gasteiger partial charge in [-0.1, -0.05) is 28.6 Å². The summed E-state index contributed by atoms with van der Waals surface area (Å²) in [6.07, 6.45) is 3.56. The number of nitrogens with one attached hydrogen (secondary N) is 1. The number of oxime groups is 1. The van der Waals surface area contributed by atoms with E-state index in [1.807, 2.05) is 6.92 Å². The maximum atomic E-state index is 13.3. The van der Waals surface area contributed by atoms with Gasteiger partial charge in [-0.25, -0.2) is 13.4 Å². The molecule has 2 aliphatic rings. The third-order valence-corrected chi connectivity index (χ3v) is 8.61. The first kappa shape index (κ1) is 24.7. The third kappa shape index (κ3) is 5.80.